The van der Waals surface area contributed by atoms with Crippen LogP contribution in [0.3, 0.4) is 0 Å². The van der Waals surface area contributed by atoms with Crippen LogP contribution in [0.4, 0.5) is 0 Å². The van der Waals surface area contributed by atoms with Crippen molar-refractivity contribution >= 4 is 17.2 Å². The fourth-order valence-corrected chi connectivity index (χ4v) is 1.07. The molecule has 1 rings (SSSR count). The lowest BCUT2D eigenvalue weighted by Gasteiger charge is -2.03. The molecule has 0 aliphatic heterocycles. The Bertz CT molecular complexity index is 381. The molecule has 0 N–H and O–H groups in total. The number of halogens is 1. The van der Waals surface area contributed by atoms with Gasteiger partial charge in [0.1, 0.15) is 0 Å². The van der Waals surface area contributed by atoms with Crippen LogP contribution in [0.1, 0.15) is 25.1 Å². The number of nitrogens with zero attached hydrogens (tertiary/aromatic N) is 1. The van der Waals surface area contributed by atoms with E-state index in [1.807, 2.05) is 26.0 Å². The predicted octanol–water partition coefficient (Wildman–Crippen LogP) is 3.05. The molecular formula is C11H10ClN. The van der Waals surface area contributed by atoms with Crippen molar-refractivity contribution in [1.29, 1.82) is 0 Å². The summed E-state index contributed by atoms with van der Waals surface area (Å²) in [5, 5.41) is 0.718. The number of terminal acetylenes is 1. The third-order valence-corrected chi connectivity index (χ3v) is 2.12. The van der Waals surface area contributed by atoms with E-state index in [0.717, 1.165) is 21.9 Å². The summed E-state index contributed by atoms with van der Waals surface area (Å²) < 4.78 is 0. The number of rotatable bonds is 1. The Morgan fingerprint density at radius 3 is 2.77 bits per heavy atom. The van der Waals surface area contributed by atoms with Gasteiger partial charge < -0.3 is 0 Å². The summed E-state index contributed by atoms with van der Waals surface area (Å²) in [5.41, 5.74) is 2.49. The summed E-state index contributed by atoms with van der Waals surface area (Å²) in [6.07, 6.45) is 7.04. The Morgan fingerprint density at radius 2 is 2.23 bits per heavy atom. The molecule has 0 unspecified atom stereocenters. The van der Waals surface area contributed by atoms with Crippen molar-refractivity contribution in [2.75, 3.05) is 0 Å². The molecule has 2 heteroatoms. The molecule has 0 spiro atoms. The molecule has 0 aliphatic carbocycles. The van der Waals surface area contributed by atoms with Crippen LogP contribution in [0.5, 0.6) is 0 Å². The molecule has 0 fully saturated rings. The maximum atomic E-state index is 5.86. The Kier molecular flexibility index (Phi) is 3.11. The van der Waals surface area contributed by atoms with E-state index in [4.69, 9.17) is 18.0 Å². The quantitative estimate of drug-likeness (QED) is 0.622. The van der Waals surface area contributed by atoms with E-state index in [9.17, 15) is 0 Å². The zero-order valence-electron chi connectivity index (χ0n) is 7.63. The lowest BCUT2D eigenvalue weighted by atomic mass is 10.1. The summed E-state index contributed by atoms with van der Waals surface area (Å²) >= 11 is 5.86. The van der Waals surface area contributed by atoms with Crippen molar-refractivity contribution in [3.8, 4) is 12.3 Å². The lowest BCUT2D eigenvalue weighted by Crippen LogP contribution is -1.91. The van der Waals surface area contributed by atoms with Crippen LogP contribution in [-0.4, -0.2) is 4.98 Å². The molecule has 0 saturated heterocycles. The molecule has 1 nitrogen and oxygen atoms in total. The van der Waals surface area contributed by atoms with Crippen LogP contribution in [-0.2, 0) is 0 Å². The molecule has 0 saturated carbocycles. The standard InChI is InChI=1S/C11H10ClN/c1-4-10-6-5-7-13-11(10)8(2)9(3)12/h1,5-7H,2-3H3. The first kappa shape index (κ1) is 9.83. The second kappa shape index (κ2) is 4.11. The first-order valence-electron chi connectivity index (χ1n) is 3.91. The number of hydrogen-bond acceptors (Lipinski definition) is 1. The highest BCUT2D eigenvalue weighted by atomic mass is 35.5. The Labute approximate surface area is 83.5 Å². The Morgan fingerprint density at radius 1 is 1.54 bits per heavy atom. The molecule has 1 heterocycles. The van der Waals surface area contributed by atoms with Gasteiger partial charge in [0.2, 0.25) is 0 Å². The SMILES string of the molecule is C#Cc1cccnc1C(C)=C(C)Cl. The highest BCUT2D eigenvalue weighted by Gasteiger charge is 2.04. The van der Waals surface area contributed by atoms with Gasteiger partial charge in [-0.2, -0.15) is 0 Å². The molecule has 66 valence electrons. The van der Waals surface area contributed by atoms with E-state index in [2.05, 4.69) is 10.9 Å². The monoisotopic (exact) mass is 191 g/mol. The first-order valence-corrected chi connectivity index (χ1v) is 4.29. The summed E-state index contributed by atoms with van der Waals surface area (Å²) in [5.74, 6) is 2.58. The van der Waals surface area contributed by atoms with Gasteiger partial charge in [0.05, 0.1) is 11.3 Å². The van der Waals surface area contributed by atoms with Gasteiger partial charge in [0.15, 0.2) is 0 Å². The molecule has 1 aromatic rings. The minimum absolute atomic E-state index is 0.718. The molecule has 0 bridgehead atoms. The summed E-state index contributed by atoms with van der Waals surface area (Å²) in [4.78, 5) is 4.19. The van der Waals surface area contributed by atoms with E-state index >= 15 is 0 Å². The van der Waals surface area contributed by atoms with Crippen molar-refractivity contribution in [3.63, 3.8) is 0 Å². The lowest BCUT2D eigenvalue weighted by molar-refractivity contribution is 1.25. The minimum atomic E-state index is 0.718. The van der Waals surface area contributed by atoms with E-state index in [1.54, 1.807) is 6.20 Å². The maximum Gasteiger partial charge on any atom is 0.0826 e. The van der Waals surface area contributed by atoms with Crippen molar-refractivity contribution in [1.82, 2.24) is 4.98 Å². The number of aromatic nitrogens is 1. The third-order valence-electron chi connectivity index (χ3n) is 1.84. The highest BCUT2D eigenvalue weighted by Crippen LogP contribution is 2.20. The minimum Gasteiger partial charge on any atom is -0.255 e. The molecular weight excluding hydrogens is 182 g/mol. The fraction of sp³-hybridized carbons (Fsp3) is 0.182. The van der Waals surface area contributed by atoms with Gasteiger partial charge in [0.25, 0.3) is 0 Å². The normalized spacial score (nSPS) is 11.8. The molecule has 0 aliphatic rings. The first-order chi connectivity index (χ1) is 6.16. The average Bonchev–Trinajstić information content (AvgIpc) is 2.16. The second-order valence-corrected chi connectivity index (χ2v) is 3.27. The zero-order valence-corrected chi connectivity index (χ0v) is 8.39. The van der Waals surface area contributed by atoms with Gasteiger partial charge in [-0.3, -0.25) is 4.98 Å². The van der Waals surface area contributed by atoms with Gasteiger partial charge in [-0.15, -0.1) is 6.42 Å². The van der Waals surface area contributed by atoms with Crippen LogP contribution in [0.25, 0.3) is 5.57 Å². The van der Waals surface area contributed by atoms with Crippen LogP contribution in [0.15, 0.2) is 23.4 Å². The van der Waals surface area contributed by atoms with Crippen molar-refractivity contribution in [2.24, 2.45) is 0 Å². The van der Waals surface area contributed by atoms with Crippen molar-refractivity contribution in [3.05, 3.63) is 34.6 Å². The molecule has 0 radical (unpaired) electrons. The van der Waals surface area contributed by atoms with E-state index < -0.39 is 0 Å². The number of hydrogen-bond donors (Lipinski definition) is 0. The summed E-state index contributed by atoms with van der Waals surface area (Å²) in [6.45, 7) is 3.73. The smallest absolute Gasteiger partial charge is 0.0826 e. The Hall–Kier alpha value is -1.26. The van der Waals surface area contributed by atoms with Gasteiger partial charge in [-0.05, 0) is 31.6 Å². The third kappa shape index (κ3) is 2.11. The molecule has 0 atom stereocenters. The predicted molar refractivity (Wildman–Crippen MR) is 56.3 cm³/mol. The van der Waals surface area contributed by atoms with E-state index in [-0.39, 0.29) is 0 Å². The molecule has 0 amide bonds. The topological polar surface area (TPSA) is 12.9 Å². The Balaban J connectivity index is 3.32. The number of pyridine rings is 1. The molecule has 13 heavy (non-hydrogen) atoms. The highest BCUT2D eigenvalue weighted by molar-refractivity contribution is 6.32. The van der Waals surface area contributed by atoms with Gasteiger partial charge in [-0.1, -0.05) is 17.5 Å². The van der Waals surface area contributed by atoms with Crippen molar-refractivity contribution < 1.29 is 0 Å². The van der Waals surface area contributed by atoms with Gasteiger partial charge in [0, 0.05) is 11.2 Å². The molecule has 1 aromatic heterocycles. The zero-order chi connectivity index (χ0) is 9.84. The average molecular weight is 192 g/mol. The van der Waals surface area contributed by atoms with Crippen LogP contribution in [0.2, 0.25) is 0 Å². The summed E-state index contributed by atoms with van der Waals surface area (Å²) in [6, 6.07) is 3.67. The molecule has 0 aromatic carbocycles. The fourth-order valence-electron chi connectivity index (χ4n) is 0.984. The number of allylic oxidation sites excluding steroid dienone is 2. The summed E-state index contributed by atoms with van der Waals surface area (Å²) in [7, 11) is 0. The van der Waals surface area contributed by atoms with E-state index in [1.165, 1.54) is 0 Å². The second-order valence-electron chi connectivity index (χ2n) is 2.70. The van der Waals surface area contributed by atoms with E-state index in [0.29, 0.717) is 0 Å². The largest absolute Gasteiger partial charge is 0.255 e. The maximum absolute atomic E-state index is 5.86. The van der Waals surface area contributed by atoms with Gasteiger partial charge in [-0.25, -0.2) is 0 Å². The van der Waals surface area contributed by atoms with Crippen LogP contribution < -0.4 is 0 Å². The van der Waals surface area contributed by atoms with Gasteiger partial charge >= 0.3 is 0 Å². The van der Waals surface area contributed by atoms with Crippen LogP contribution >= 0.6 is 11.6 Å². The van der Waals surface area contributed by atoms with Crippen molar-refractivity contribution in [2.45, 2.75) is 13.8 Å². The van der Waals surface area contributed by atoms with Crippen LogP contribution in [0, 0.1) is 12.3 Å².